The molecule has 1 heterocycles. The molecule has 0 fully saturated rings. The first-order valence-corrected chi connectivity index (χ1v) is 6.44. The van der Waals surface area contributed by atoms with E-state index in [2.05, 4.69) is 5.10 Å². The summed E-state index contributed by atoms with van der Waals surface area (Å²) in [6, 6.07) is 5.31. The Hall–Kier alpha value is -2.11. The molecule has 1 unspecified atom stereocenters. The van der Waals surface area contributed by atoms with Crippen molar-refractivity contribution < 1.29 is 18.0 Å². The number of aromatic nitrogens is 2. The van der Waals surface area contributed by atoms with E-state index in [4.69, 9.17) is 0 Å². The predicted molar refractivity (Wildman–Crippen MR) is 72.2 cm³/mol. The standard InChI is InChI=1S/C15H15F3N2O/c1-9-4-5-12(8-10(9)2)14(21)11(3)20-7-6-13(19-20)15(16,17)18/h4-8,11H,1-3H3. The van der Waals surface area contributed by atoms with Crippen molar-refractivity contribution in [3.63, 3.8) is 0 Å². The minimum Gasteiger partial charge on any atom is -0.292 e. The second kappa shape index (κ2) is 5.35. The molecule has 0 aliphatic heterocycles. The van der Waals surface area contributed by atoms with Gasteiger partial charge in [0.15, 0.2) is 11.5 Å². The Morgan fingerprint density at radius 2 is 1.86 bits per heavy atom. The Morgan fingerprint density at radius 1 is 1.19 bits per heavy atom. The largest absolute Gasteiger partial charge is 0.435 e. The smallest absolute Gasteiger partial charge is 0.292 e. The molecular weight excluding hydrogens is 281 g/mol. The van der Waals surface area contributed by atoms with Gasteiger partial charge in [0.25, 0.3) is 0 Å². The molecule has 0 bridgehead atoms. The van der Waals surface area contributed by atoms with Crippen LogP contribution in [-0.2, 0) is 6.18 Å². The molecule has 0 N–H and O–H groups in total. The third-order valence-corrected chi connectivity index (χ3v) is 3.47. The van der Waals surface area contributed by atoms with E-state index in [9.17, 15) is 18.0 Å². The fourth-order valence-corrected chi connectivity index (χ4v) is 1.96. The van der Waals surface area contributed by atoms with Gasteiger partial charge >= 0.3 is 6.18 Å². The van der Waals surface area contributed by atoms with Crippen LogP contribution >= 0.6 is 0 Å². The number of benzene rings is 1. The molecule has 0 radical (unpaired) electrons. The summed E-state index contributed by atoms with van der Waals surface area (Å²) in [5.74, 6) is -0.269. The lowest BCUT2D eigenvalue weighted by Gasteiger charge is -2.12. The van der Waals surface area contributed by atoms with Crippen molar-refractivity contribution in [2.75, 3.05) is 0 Å². The molecule has 0 spiro atoms. The molecule has 0 saturated heterocycles. The monoisotopic (exact) mass is 296 g/mol. The van der Waals surface area contributed by atoms with Gasteiger partial charge in [0.2, 0.25) is 0 Å². The number of rotatable bonds is 3. The molecule has 0 aliphatic carbocycles. The SMILES string of the molecule is Cc1ccc(C(=O)C(C)n2ccc(C(F)(F)F)n2)cc1C. The summed E-state index contributed by atoms with van der Waals surface area (Å²) in [4.78, 5) is 12.3. The van der Waals surface area contributed by atoms with Crippen LogP contribution in [0.4, 0.5) is 13.2 Å². The molecule has 6 heteroatoms. The molecule has 0 aliphatic rings. The second-order valence-corrected chi connectivity index (χ2v) is 5.02. The van der Waals surface area contributed by atoms with Crippen LogP contribution < -0.4 is 0 Å². The molecule has 3 nitrogen and oxygen atoms in total. The van der Waals surface area contributed by atoms with Gasteiger partial charge in [0, 0.05) is 11.8 Å². The van der Waals surface area contributed by atoms with Crippen molar-refractivity contribution in [1.82, 2.24) is 9.78 Å². The highest BCUT2D eigenvalue weighted by atomic mass is 19.4. The first-order valence-electron chi connectivity index (χ1n) is 6.44. The van der Waals surface area contributed by atoms with Crippen LogP contribution in [0.1, 0.15) is 40.1 Å². The van der Waals surface area contributed by atoms with Crippen molar-refractivity contribution in [2.24, 2.45) is 0 Å². The van der Waals surface area contributed by atoms with Crippen molar-refractivity contribution >= 4 is 5.78 Å². The molecule has 2 rings (SSSR count). The predicted octanol–water partition coefficient (Wildman–Crippen LogP) is 3.96. The maximum atomic E-state index is 12.5. The van der Waals surface area contributed by atoms with Gasteiger partial charge in [-0.05, 0) is 44.0 Å². The van der Waals surface area contributed by atoms with Crippen LogP contribution in [0.5, 0.6) is 0 Å². The number of carbonyl (C=O) groups is 1. The topological polar surface area (TPSA) is 34.9 Å². The number of halogens is 3. The fourth-order valence-electron chi connectivity index (χ4n) is 1.96. The summed E-state index contributed by atoms with van der Waals surface area (Å²) in [5, 5.41) is 3.44. The lowest BCUT2D eigenvalue weighted by Crippen LogP contribution is -2.18. The molecule has 112 valence electrons. The Balaban J connectivity index is 2.26. The lowest BCUT2D eigenvalue weighted by molar-refractivity contribution is -0.141. The van der Waals surface area contributed by atoms with Crippen LogP contribution in [0.25, 0.3) is 0 Å². The zero-order valence-electron chi connectivity index (χ0n) is 11.9. The molecule has 2 aromatic rings. The fraction of sp³-hybridized carbons (Fsp3) is 0.333. The van der Waals surface area contributed by atoms with Crippen molar-refractivity contribution in [1.29, 1.82) is 0 Å². The molecule has 1 aromatic carbocycles. The molecule has 1 aromatic heterocycles. The average Bonchev–Trinajstić information content (AvgIpc) is 2.90. The van der Waals surface area contributed by atoms with E-state index in [1.807, 2.05) is 19.9 Å². The Bertz CT molecular complexity index is 674. The van der Waals surface area contributed by atoms with E-state index in [0.29, 0.717) is 5.56 Å². The van der Waals surface area contributed by atoms with Gasteiger partial charge in [-0.3, -0.25) is 9.48 Å². The summed E-state index contributed by atoms with van der Waals surface area (Å²) in [7, 11) is 0. The zero-order valence-corrected chi connectivity index (χ0v) is 11.9. The number of alkyl halides is 3. The highest BCUT2D eigenvalue weighted by molar-refractivity contribution is 5.98. The summed E-state index contributed by atoms with van der Waals surface area (Å²) < 4.78 is 38.6. The summed E-state index contributed by atoms with van der Waals surface area (Å²) in [6.45, 7) is 5.34. The average molecular weight is 296 g/mol. The minimum atomic E-state index is -4.51. The highest BCUT2D eigenvalue weighted by Crippen LogP contribution is 2.28. The van der Waals surface area contributed by atoms with E-state index >= 15 is 0 Å². The zero-order chi connectivity index (χ0) is 15.8. The molecule has 1 atom stereocenters. The Kier molecular flexibility index (Phi) is 3.89. The molecule has 0 saturated carbocycles. The molecular formula is C15H15F3N2O. The quantitative estimate of drug-likeness (QED) is 0.803. The lowest BCUT2D eigenvalue weighted by atomic mass is 10.0. The van der Waals surface area contributed by atoms with Gasteiger partial charge in [0.1, 0.15) is 6.04 Å². The maximum Gasteiger partial charge on any atom is 0.435 e. The Morgan fingerprint density at radius 3 is 2.38 bits per heavy atom. The van der Waals surface area contributed by atoms with E-state index < -0.39 is 17.9 Å². The summed E-state index contributed by atoms with van der Waals surface area (Å²) in [6.07, 6.45) is -3.33. The van der Waals surface area contributed by atoms with Crippen LogP contribution in [-0.4, -0.2) is 15.6 Å². The van der Waals surface area contributed by atoms with Gasteiger partial charge < -0.3 is 0 Å². The summed E-state index contributed by atoms with van der Waals surface area (Å²) in [5.41, 5.74) is 1.49. The number of nitrogens with zero attached hydrogens (tertiary/aromatic N) is 2. The van der Waals surface area contributed by atoms with Crippen LogP contribution in [0.2, 0.25) is 0 Å². The first kappa shape index (κ1) is 15.3. The van der Waals surface area contributed by atoms with Gasteiger partial charge in [0.05, 0.1) is 0 Å². The van der Waals surface area contributed by atoms with E-state index in [-0.39, 0.29) is 5.78 Å². The van der Waals surface area contributed by atoms with Crippen LogP contribution in [0.3, 0.4) is 0 Å². The molecule has 0 amide bonds. The third kappa shape index (κ3) is 3.15. The van der Waals surface area contributed by atoms with Crippen molar-refractivity contribution in [3.8, 4) is 0 Å². The number of ketones is 1. The van der Waals surface area contributed by atoms with Gasteiger partial charge in [-0.25, -0.2) is 0 Å². The van der Waals surface area contributed by atoms with Crippen molar-refractivity contribution in [2.45, 2.75) is 33.0 Å². The van der Waals surface area contributed by atoms with Crippen molar-refractivity contribution in [3.05, 3.63) is 52.8 Å². The van der Waals surface area contributed by atoms with Crippen LogP contribution in [0.15, 0.2) is 30.5 Å². The first-order chi connectivity index (χ1) is 9.70. The van der Waals surface area contributed by atoms with Gasteiger partial charge in [-0.1, -0.05) is 12.1 Å². The van der Waals surface area contributed by atoms with Crippen LogP contribution in [0, 0.1) is 13.8 Å². The minimum absolute atomic E-state index is 0.269. The van der Waals surface area contributed by atoms with Gasteiger partial charge in [-0.15, -0.1) is 0 Å². The molecule has 21 heavy (non-hydrogen) atoms. The van der Waals surface area contributed by atoms with E-state index in [1.165, 1.54) is 13.1 Å². The third-order valence-electron chi connectivity index (χ3n) is 3.47. The number of aryl methyl sites for hydroxylation is 2. The van der Waals surface area contributed by atoms with E-state index in [1.54, 1.807) is 12.1 Å². The number of Topliss-reactive ketones (excluding diaryl/α,β-unsaturated/α-hetero) is 1. The number of hydrogen-bond donors (Lipinski definition) is 0. The Labute approximate surface area is 120 Å². The number of carbonyl (C=O) groups excluding carboxylic acids is 1. The highest BCUT2D eigenvalue weighted by Gasteiger charge is 2.34. The normalized spacial score (nSPS) is 13.2. The van der Waals surface area contributed by atoms with Gasteiger partial charge in [-0.2, -0.15) is 18.3 Å². The second-order valence-electron chi connectivity index (χ2n) is 5.02. The van der Waals surface area contributed by atoms with E-state index in [0.717, 1.165) is 21.9 Å². The summed E-state index contributed by atoms with van der Waals surface area (Å²) >= 11 is 0. The number of hydrogen-bond acceptors (Lipinski definition) is 2. The maximum absolute atomic E-state index is 12.5.